The number of para-hydroxylation sites is 1. The molecule has 100 valence electrons. The lowest BCUT2D eigenvalue weighted by molar-refractivity contribution is 0.271. The van der Waals surface area contributed by atoms with Crippen molar-refractivity contribution in [1.29, 1.82) is 0 Å². The van der Waals surface area contributed by atoms with Gasteiger partial charge in [-0.2, -0.15) is 0 Å². The SMILES string of the molecule is CC[C@@]1(c2ccccc2)O[C@H]1n1nnc2ccccc21. The van der Waals surface area contributed by atoms with Crippen molar-refractivity contribution in [1.82, 2.24) is 15.0 Å². The number of rotatable bonds is 3. The number of aromatic nitrogens is 3. The first-order valence-electron chi connectivity index (χ1n) is 6.88. The van der Waals surface area contributed by atoms with Gasteiger partial charge < -0.3 is 4.74 Å². The summed E-state index contributed by atoms with van der Waals surface area (Å²) in [5, 5.41) is 8.47. The van der Waals surface area contributed by atoms with Crippen molar-refractivity contribution in [2.75, 3.05) is 0 Å². The van der Waals surface area contributed by atoms with Crippen molar-refractivity contribution < 1.29 is 4.74 Å². The van der Waals surface area contributed by atoms with E-state index in [1.165, 1.54) is 5.56 Å². The van der Waals surface area contributed by atoms with Gasteiger partial charge in [0.15, 0.2) is 6.23 Å². The summed E-state index contributed by atoms with van der Waals surface area (Å²) in [6.07, 6.45) is 0.845. The van der Waals surface area contributed by atoms with E-state index < -0.39 is 0 Å². The molecule has 0 amide bonds. The van der Waals surface area contributed by atoms with Gasteiger partial charge in [-0.05, 0) is 24.1 Å². The summed E-state index contributed by atoms with van der Waals surface area (Å²) in [5.74, 6) is 0. The molecule has 0 aliphatic carbocycles. The fourth-order valence-corrected chi connectivity index (χ4v) is 2.87. The van der Waals surface area contributed by atoms with Crippen molar-refractivity contribution >= 4 is 11.0 Å². The van der Waals surface area contributed by atoms with E-state index in [1.54, 1.807) is 0 Å². The molecule has 0 radical (unpaired) electrons. The van der Waals surface area contributed by atoms with Gasteiger partial charge in [0.2, 0.25) is 0 Å². The van der Waals surface area contributed by atoms with Gasteiger partial charge in [0.1, 0.15) is 11.1 Å². The number of hydrogen-bond donors (Lipinski definition) is 0. The molecule has 0 spiro atoms. The first-order valence-corrected chi connectivity index (χ1v) is 6.88. The monoisotopic (exact) mass is 265 g/mol. The van der Waals surface area contributed by atoms with Gasteiger partial charge in [0.05, 0.1) is 5.52 Å². The van der Waals surface area contributed by atoms with E-state index in [0.717, 1.165) is 17.5 Å². The Balaban J connectivity index is 1.78. The number of nitrogens with zero attached hydrogens (tertiary/aromatic N) is 3. The number of epoxide rings is 1. The largest absolute Gasteiger partial charge is 0.337 e. The highest BCUT2D eigenvalue weighted by atomic mass is 16.6. The zero-order valence-electron chi connectivity index (χ0n) is 11.2. The van der Waals surface area contributed by atoms with Gasteiger partial charge in [0, 0.05) is 0 Å². The minimum atomic E-state index is -0.266. The molecule has 1 aromatic heterocycles. The first kappa shape index (κ1) is 11.6. The van der Waals surface area contributed by atoms with E-state index in [-0.39, 0.29) is 11.8 Å². The van der Waals surface area contributed by atoms with Crippen molar-refractivity contribution in [3.05, 3.63) is 60.2 Å². The predicted octanol–water partition coefficient (Wildman–Crippen LogP) is 3.27. The van der Waals surface area contributed by atoms with Gasteiger partial charge in [-0.15, -0.1) is 5.10 Å². The normalized spacial score (nSPS) is 24.9. The Kier molecular flexibility index (Phi) is 2.41. The third-order valence-electron chi connectivity index (χ3n) is 4.05. The second kappa shape index (κ2) is 4.15. The van der Waals surface area contributed by atoms with Crippen LogP contribution in [0.2, 0.25) is 0 Å². The fourth-order valence-electron chi connectivity index (χ4n) is 2.87. The Labute approximate surface area is 117 Å². The molecule has 2 heterocycles. The summed E-state index contributed by atoms with van der Waals surface area (Å²) in [6, 6.07) is 18.3. The molecule has 0 bridgehead atoms. The fraction of sp³-hybridized carbons (Fsp3) is 0.250. The van der Waals surface area contributed by atoms with Crippen LogP contribution < -0.4 is 0 Å². The summed E-state index contributed by atoms with van der Waals surface area (Å²) in [6.45, 7) is 2.14. The molecule has 2 aromatic carbocycles. The second-order valence-corrected chi connectivity index (χ2v) is 5.10. The van der Waals surface area contributed by atoms with Crippen LogP contribution in [0.25, 0.3) is 11.0 Å². The van der Waals surface area contributed by atoms with Gasteiger partial charge in [0.25, 0.3) is 0 Å². The number of benzene rings is 2. The highest BCUT2D eigenvalue weighted by Crippen LogP contribution is 2.56. The minimum Gasteiger partial charge on any atom is -0.337 e. The highest BCUT2D eigenvalue weighted by molar-refractivity contribution is 5.74. The maximum atomic E-state index is 6.05. The molecule has 4 nitrogen and oxygen atoms in total. The van der Waals surface area contributed by atoms with Crippen LogP contribution in [0.3, 0.4) is 0 Å². The van der Waals surface area contributed by atoms with Crippen LogP contribution in [0.1, 0.15) is 25.1 Å². The smallest absolute Gasteiger partial charge is 0.187 e. The molecular formula is C16H15N3O. The molecule has 2 atom stereocenters. The van der Waals surface area contributed by atoms with Crippen LogP contribution in [0, 0.1) is 0 Å². The molecule has 1 saturated heterocycles. The van der Waals surface area contributed by atoms with Crippen molar-refractivity contribution in [2.45, 2.75) is 25.2 Å². The number of ether oxygens (including phenoxy) is 1. The average molecular weight is 265 g/mol. The predicted molar refractivity (Wildman–Crippen MR) is 76.1 cm³/mol. The van der Waals surface area contributed by atoms with Gasteiger partial charge in [-0.1, -0.05) is 54.6 Å². The quantitative estimate of drug-likeness (QED) is 0.683. The van der Waals surface area contributed by atoms with Crippen LogP contribution in [0.4, 0.5) is 0 Å². The van der Waals surface area contributed by atoms with E-state index in [2.05, 4.69) is 29.4 Å². The Bertz CT molecular complexity index is 753. The summed E-state index contributed by atoms with van der Waals surface area (Å²) >= 11 is 0. The Morgan fingerprint density at radius 3 is 2.65 bits per heavy atom. The van der Waals surface area contributed by atoms with Crippen LogP contribution >= 0.6 is 0 Å². The van der Waals surface area contributed by atoms with E-state index >= 15 is 0 Å². The van der Waals surface area contributed by atoms with Crippen molar-refractivity contribution in [3.63, 3.8) is 0 Å². The molecule has 1 aliphatic heterocycles. The summed E-state index contributed by atoms with van der Waals surface area (Å²) < 4.78 is 7.95. The lowest BCUT2D eigenvalue weighted by Gasteiger charge is -2.10. The second-order valence-electron chi connectivity index (χ2n) is 5.10. The standard InChI is InChI=1S/C16H15N3O/c1-2-16(12-8-4-3-5-9-12)15(20-16)19-14-11-7-6-10-13(14)17-18-19/h3-11,15H,2H2,1H3/t15-,16+/m1/s1. The van der Waals surface area contributed by atoms with Crippen LogP contribution in [0.15, 0.2) is 54.6 Å². The molecule has 3 aromatic rings. The zero-order valence-corrected chi connectivity index (χ0v) is 11.2. The summed E-state index contributed by atoms with van der Waals surface area (Å²) in [4.78, 5) is 0. The van der Waals surface area contributed by atoms with Gasteiger partial charge >= 0.3 is 0 Å². The molecule has 4 rings (SSSR count). The van der Waals surface area contributed by atoms with Crippen LogP contribution in [-0.4, -0.2) is 15.0 Å². The third kappa shape index (κ3) is 1.51. The van der Waals surface area contributed by atoms with E-state index in [1.807, 2.05) is 47.1 Å². The molecule has 20 heavy (non-hydrogen) atoms. The molecule has 1 aliphatic rings. The lowest BCUT2D eigenvalue weighted by atomic mass is 9.95. The number of hydrogen-bond acceptors (Lipinski definition) is 3. The molecule has 0 saturated carbocycles. The highest BCUT2D eigenvalue weighted by Gasteiger charge is 2.58. The zero-order chi connectivity index (χ0) is 13.6. The van der Waals surface area contributed by atoms with Crippen molar-refractivity contribution in [2.24, 2.45) is 0 Å². The molecule has 0 N–H and O–H groups in total. The van der Waals surface area contributed by atoms with Crippen LogP contribution in [0.5, 0.6) is 0 Å². The first-order chi connectivity index (χ1) is 9.85. The molecule has 4 heteroatoms. The Morgan fingerprint density at radius 1 is 1.10 bits per heavy atom. The molecule has 1 fully saturated rings. The molecule has 0 unspecified atom stereocenters. The average Bonchev–Trinajstić information content (AvgIpc) is 3.12. The van der Waals surface area contributed by atoms with Gasteiger partial charge in [-0.3, -0.25) is 0 Å². The lowest BCUT2D eigenvalue weighted by Crippen LogP contribution is -2.12. The van der Waals surface area contributed by atoms with E-state index in [4.69, 9.17) is 4.74 Å². The maximum absolute atomic E-state index is 6.05. The third-order valence-corrected chi connectivity index (χ3v) is 4.05. The number of fused-ring (bicyclic) bond motifs is 1. The topological polar surface area (TPSA) is 43.2 Å². The minimum absolute atomic E-state index is 0.0673. The Hall–Kier alpha value is -2.20. The Morgan fingerprint density at radius 2 is 1.85 bits per heavy atom. The van der Waals surface area contributed by atoms with Crippen LogP contribution in [-0.2, 0) is 10.3 Å². The van der Waals surface area contributed by atoms with E-state index in [0.29, 0.717) is 0 Å². The van der Waals surface area contributed by atoms with Gasteiger partial charge in [-0.25, -0.2) is 4.68 Å². The summed E-state index contributed by atoms with van der Waals surface area (Å²) in [7, 11) is 0. The van der Waals surface area contributed by atoms with Crippen molar-refractivity contribution in [3.8, 4) is 0 Å². The van der Waals surface area contributed by atoms with E-state index in [9.17, 15) is 0 Å². The maximum Gasteiger partial charge on any atom is 0.187 e. The molecular weight excluding hydrogens is 250 g/mol. The summed E-state index contributed by atoms with van der Waals surface area (Å²) in [5.41, 5.74) is 2.86.